The molecule has 0 aromatic heterocycles. The van der Waals surface area contributed by atoms with E-state index in [1.54, 1.807) is 0 Å². The van der Waals surface area contributed by atoms with E-state index < -0.39 is 0 Å². The minimum Gasteiger partial charge on any atom is -0.300 e. The number of hydrogen-bond acceptors (Lipinski definition) is 1. The van der Waals surface area contributed by atoms with Crippen molar-refractivity contribution in [3.63, 3.8) is 0 Å². The van der Waals surface area contributed by atoms with Gasteiger partial charge >= 0.3 is 0 Å². The van der Waals surface area contributed by atoms with Crippen molar-refractivity contribution in [2.75, 3.05) is 32.2 Å². The van der Waals surface area contributed by atoms with Crippen molar-refractivity contribution in [3.05, 3.63) is 0 Å². The fourth-order valence-electron chi connectivity index (χ4n) is 1.36. The molecule has 1 aliphatic rings. The lowest BCUT2D eigenvalue weighted by atomic mass is 10.2. The number of likely N-dealkylation sites (tertiary alicyclic amines) is 1. The number of nitrogens with zero attached hydrogens (tertiary/aromatic N) is 1. The Morgan fingerprint density at radius 1 is 1.60 bits per heavy atom. The average molecular weight is 166 g/mol. The van der Waals surface area contributed by atoms with E-state index in [1.807, 2.05) is 0 Å². The number of alkyl halides is 2. The van der Waals surface area contributed by atoms with Gasteiger partial charge in [-0.15, -0.1) is 11.6 Å². The first-order valence-electron chi connectivity index (χ1n) is 3.71. The van der Waals surface area contributed by atoms with Crippen LogP contribution in [0.2, 0.25) is 0 Å². The molecule has 0 N–H and O–H groups in total. The highest BCUT2D eigenvalue weighted by Gasteiger charge is 2.20. The molecule has 1 rings (SSSR count). The zero-order valence-electron chi connectivity index (χ0n) is 6.02. The molecule has 0 aromatic carbocycles. The molecule has 0 bridgehead atoms. The van der Waals surface area contributed by atoms with E-state index in [0.717, 1.165) is 25.4 Å². The maximum absolute atomic E-state index is 11.8. The van der Waals surface area contributed by atoms with Gasteiger partial charge in [0.05, 0.1) is 0 Å². The van der Waals surface area contributed by atoms with E-state index >= 15 is 0 Å². The summed E-state index contributed by atoms with van der Waals surface area (Å²) < 4.78 is 11.8. The minimum absolute atomic E-state index is 0.227. The van der Waals surface area contributed by atoms with Crippen molar-refractivity contribution < 1.29 is 4.39 Å². The van der Waals surface area contributed by atoms with Crippen molar-refractivity contribution in [3.8, 4) is 0 Å². The molecule has 1 fully saturated rings. The summed E-state index contributed by atoms with van der Waals surface area (Å²) in [5.74, 6) is 1.33. The summed E-state index contributed by atoms with van der Waals surface area (Å²) in [6.45, 7) is 2.39. The maximum Gasteiger partial charge on any atom is 0.102 e. The zero-order valence-corrected chi connectivity index (χ0v) is 6.78. The fourth-order valence-corrected chi connectivity index (χ4v) is 1.61. The Balaban J connectivity index is 2.15. The van der Waals surface area contributed by atoms with Crippen molar-refractivity contribution >= 4 is 11.6 Å². The Labute approximate surface area is 66.2 Å². The van der Waals surface area contributed by atoms with Crippen LogP contribution in [-0.2, 0) is 0 Å². The van der Waals surface area contributed by atoms with Gasteiger partial charge in [0.1, 0.15) is 6.67 Å². The van der Waals surface area contributed by atoms with E-state index in [0.29, 0.717) is 12.5 Å². The molecular formula is C7H13ClFN. The highest BCUT2D eigenvalue weighted by Crippen LogP contribution is 2.16. The molecule has 1 heterocycles. The highest BCUT2D eigenvalue weighted by atomic mass is 35.5. The van der Waals surface area contributed by atoms with Crippen LogP contribution in [0.25, 0.3) is 0 Å². The second kappa shape index (κ2) is 4.14. The first-order valence-corrected chi connectivity index (χ1v) is 4.24. The smallest absolute Gasteiger partial charge is 0.102 e. The molecule has 10 heavy (non-hydrogen) atoms. The molecule has 0 spiro atoms. The van der Waals surface area contributed by atoms with Gasteiger partial charge in [-0.1, -0.05) is 0 Å². The molecule has 0 saturated carbocycles. The molecule has 0 radical (unpaired) electrons. The lowest BCUT2D eigenvalue weighted by molar-refractivity contribution is 0.290. The molecular weight excluding hydrogens is 153 g/mol. The van der Waals surface area contributed by atoms with Gasteiger partial charge in [0.25, 0.3) is 0 Å². The summed E-state index contributed by atoms with van der Waals surface area (Å²) in [7, 11) is 0. The first kappa shape index (κ1) is 8.28. The summed E-state index contributed by atoms with van der Waals surface area (Å²) in [6, 6.07) is 0. The van der Waals surface area contributed by atoms with Crippen LogP contribution in [0.3, 0.4) is 0 Å². The third-order valence-electron chi connectivity index (χ3n) is 1.99. The van der Waals surface area contributed by atoms with Crippen molar-refractivity contribution in [2.24, 2.45) is 5.92 Å². The van der Waals surface area contributed by atoms with Crippen LogP contribution < -0.4 is 0 Å². The second-order valence-electron chi connectivity index (χ2n) is 2.80. The summed E-state index contributed by atoms with van der Waals surface area (Å²) in [4.78, 5) is 2.13. The van der Waals surface area contributed by atoms with E-state index in [4.69, 9.17) is 11.6 Å². The summed E-state index contributed by atoms with van der Waals surface area (Å²) >= 11 is 5.65. The predicted octanol–water partition coefficient (Wildman–Crippen LogP) is 1.52. The van der Waals surface area contributed by atoms with Gasteiger partial charge in [0.15, 0.2) is 0 Å². The third kappa shape index (κ3) is 2.10. The SMILES string of the molecule is FCCN1CCC(CCl)C1. The summed E-state index contributed by atoms with van der Waals surface area (Å²) in [5, 5.41) is 0. The van der Waals surface area contributed by atoms with Gasteiger partial charge in [-0.05, 0) is 18.9 Å². The van der Waals surface area contributed by atoms with Crippen molar-refractivity contribution in [2.45, 2.75) is 6.42 Å². The van der Waals surface area contributed by atoms with Gasteiger partial charge in [-0.25, -0.2) is 4.39 Å². The van der Waals surface area contributed by atoms with Gasteiger partial charge in [-0.3, -0.25) is 0 Å². The molecule has 1 nitrogen and oxygen atoms in total. The quantitative estimate of drug-likeness (QED) is 0.574. The molecule has 0 aliphatic carbocycles. The van der Waals surface area contributed by atoms with Gasteiger partial charge in [-0.2, -0.15) is 0 Å². The topological polar surface area (TPSA) is 3.24 Å². The van der Waals surface area contributed by atoms with E-state index in [1.165, 1.54) is 0 Å². The van der Waals surface area contributed by atoms with Gasteiger partial charge in [0.2, 0.25) is 0 Å². The van der Waals surface area contributed by atoms with Crippen molar-refractivity contribution in [1.29, 1.82) is 0 Å². The van der Waals surface area contributed by atoms with Gasteiger partial charge < -0.3 is 4.90 Å². The van der Waals surface area contributed by atoms with Crippen molar-refractivity contribution in [1.82, 2.24) is 4.90 Å². The number of rotatable bonds is 3. The number of hydrogen-bond donors (Lipinski definition) is 0. The molecule has 1 unspecified atom stereocenters. The minimum atomic E-state index is -0.227. The third-order valence-corrected chi connectivity index (χ3v) is 2.43. The molecule has 1 aliphatic heterocycles. The Morgan fingerprint density at radius 2 is 2.40 bits per heavy atom. The zero-order chi connectivity index (χ0) is 7.40. The normalized spacial score (nSPS) is 27.6. The Hall–Kier alpha value is 0.180. The lowest BCUT2D eigenvalue weighted by Crippen LogP contribution is -2.23. The Morgan fingerprint density at radius 3 is 2.90 bits per heavy atom. The summed E-state index contributed by atoms with van der Waals surface area (Å²) in [5.41, 5.74) is 0. The Bertz CT molecular complexity index is 99.6. The predicted molar refractivity (Wildman–Crippen MR) is 41.2 cm³/mol. The van der Waals surface area contributed by atoms with E-state index in [-0.39, 0.29) is 6.67 Å². The first-order chi connectivity index (χ1) is 4.86. The standard InChI is InChI=1S/C7H13ClFN/c8-5-7-1-3-10(6-7)4-2-9/h7H,1-6H2. The van der Waals surface area contributed by atoms with Crippen LogP contribution in [0.15, 0.2) is 0 Å². The monoisotopic (exact) mass is 165 g/mol. The van der Waals surface area contributed by atoms with Crippen LogP contribution >= 0.6 is 11.6 Å². The van der Waals surface area contributed by atoms with Crippen LogP contribution in [0.1, 0.15) is 6.42 Å². The largest absolute Gasteiger partial charge is 0.300 e. The van der Waals surface area contributed by atoms with Gasteiger partial charge in [0, 0.05) is 19.0 Å². The fraction of sp³-hybridized carbons (Fsp3) is 1.00. The molecule has 3 heteroatoms. The van der Waals surface area contributed by atoms with Crippen LogP contribution in [-0.4, -0.2) is 37.1 Å². The summed E-state index contributed by atoms with van der Waals surface area (Å²) in [6.07, 6.45) is 1.14. The Kier molecular flexibility index (Phi) is 3.43. The molecule has 0 aromatic rings. The second-order valence-corrected chi connectivity index (χ2v) is 3.11. The highest BCUT2D eigenvalue weighted by molar-refractivity contribution is 6.18. The average Bonchev–Trinajstić information content (AvgIpc) is 2.37. The molecule has 1 atom stereocenters. The molecule has 1 saturated heterocycles. The maximum atomic E-state index is 11.8. The lowest BCUT2D eigenvalue weighted by Gasteiger charge is -2.11. The molecule has 60 valence electrons. The van der Waals surface area contributed by atoms with E-state index in [2.05, 4.69) is 4.90 Å². The van der Waals surface area contributed by atoms with Crippen LogP contribution in [0, 0.1) is 5.92 Å². The van der Waals surface area contributed by atoms with Crippen LogP contribution in [0.5, 0.6) is 0 Å². The van der Waals surface area contributed by atoms with Crippen LogP contribution in [0.4, 0.5) is 4.39 Å². The van der Waals surface area contributed by atoms with E-state index in [9.17, 15) is 4.39 Å². The molecule has 0 amide bonds. The number of halogens is 2.